The first-order chi connectivity index (χ1) is 9.43. The van der Waals surface area contributed by atoms with E-state index in [4.69, 9.17) is 0 Å². The minimum atomic E-state index is -2.81. The van der Waals surface area contributed by atoms with Crippen LogP contribution < -0.4 is 10.6 Å². The van der Waals surface area contributed by atoms with Crippen molar-refractivity contribution in [3.63, 3.8) is 0 Å². The SMILES string of the molecule is Cc1ccc2nc(NC(=O)C3CC(F)(F)CN3)sc2c1. The van der Waals surface area contributed by atoms with Crippen molar-refractivity contribution < 1.29 is 13.6 Å². The van der Waals surface area contributed by atoms with E-state index in [9.17, 15) is 13.6 Å². The number of nitrogens with one attached hydrogen (secondary N) is 2. The van der Waals surface area contributed by atoms with Crippen LogP contribution in [-0.4, -0.2) is 29.4 Å². The summed E-state index contributed by atoms with van der Waals surface area (Å²) >= 11 is 1.34. The molecule has 1 fully saturated rings. The van der Waals surface area contributed by atoms with Crippen molar-refractivity contribution in [1.29, 1.82) is 0 Å². The first-order valence-corrected chi connectivity index (χ1v) is 7.04. The maximum Gasteiger partial charge on any atom is 0.262 e. The minimum absolute atomic E-state index is 0.438. The van der Waals surface area contributed by atoms with Crippen molar-refractivity contribution >= 4 is 32.6 Å². The number of hydrogen-bond donors (Lipinski definition) is 2. The van der Waals surface area contributed by atoms with Gasteiger partial charge in [-0.3, -0.25) is 10.1 Å². The van der Waals surface area contributed by atoms with Gasteiger partial charge in [0, 0.05) is 6.42 Å². The van der Waals surface area contributed by atoms with Gasteiger partial charge in [-0.15, -0.1) is 0 Å². The van der Waals surface area contributed by atoms with Gasteiger partial charge in [0.1, 0.15) is 0 Å². The number of thiazole rings is 1. The average molecular weight is 297 g/mol. The maximum atomic E-state index is 13.0. The van der Waals surface area contributed by atoms with E-state index in [-0.39, 0.29) is 0 Å². The predicted octanol–water partition coefficient (Wildman–Crippen LogP) is 2.54. The molecule has 7 heteroatoms. The Balaban J connectivity index is 1.74. The third-order valence-electron chi connectivity index (χ3n) is 3.20. The van der Waals surface area contributed by atoms with Crippen molar-refractivity contribution in [2.45, 2.75) is 25.3 Å². The fourth-order valence-corrected chi connectivity index (χ4v) is 3.15. The maximum absolute atomic E-state index is 13.0. The first-order valence-electron chi connectivity index (χ1n) is 6.22. The fourth-order valence-electron chi connectivity index (χ4n) is 2.18. The number of nitrogens with zero attached hydrogens (tertiary/aromatic N) is 1. The minimum Gasteiger partial charge on any atom is -0.301 e. The van der Waals surface area contributed by atoms with E-state index in [0.717, 1.165) is 15.8 Å². The third-order valence-corrected chi connectivity index (χ3v) is 4.13. The lowest BCUT2D eigenvalue weighted by Gasteiger charge is -2.08. The molecule has 1 aromatic carbocycles. The molecule has 1 unspecified atom stereocenters. The van der Waals surface area contributed by atoms with E-state index in [1.54, 1.807) is 0 Å². The molecule has 106 valence electrons. The monoisotopic (exact) mass is 297 g/mol. The summed E-state index contributed by atoms with van der Waals surface area (Å²) in [4.78, 5) is 16.2. The van der Waals surface area contributed by atoms with Gasteiger partial charge in [-0.1, -0.05) is 17.4 Å². The Morgan fingerprint density at radius 1 is 1.55 bits per heavy atom. The van der Waals surface area contributed by atoms with Gasteiger partial charge in [-0.25, -0.2) is 13.8 Å². The zero-order chi connectivity index (χ0) is 14.3. The molecule has 3 rings (SSSR count). The molecule has 0 saturated carbocycles. The van der Waals surface area contributed by atoms with Crippen LogP contribution in [0.15, 0.2) is 18.2 Å². The molecular weight excluding hydrogens is 284 g/mol. The molecule has 0 spiro atoms. The molecule has 1 aromatic heterocycles. The molecule has 4 nitrogen and oxygen atoms in total. The highest BCUT2D eigenvalue weighted by Crippen LogP contribution is 2.29. The predicted molar refractivity (Wildman–Crippen MR) is 74.3 cm³/mol. The summed E-state index contributed by atoms with van der Waals surface area (Å²) in [5, 5.41) is 5.57. The Labute approximate surface area is 118 Å². The van der Waals surface area contributed by atoms with E-state index >= 15 is 0 Å². The van der Waals surface area contributed by atoms with Crippen molar-refractivity contribution in [3.8, 4) is 0 Å². The summed E-state index contributed by atoms with van der Waals surface area (Å²) in [5.74, 6) is -3.27. The number of fused-ring (bicyclic) bond motifs is 1. The molecule has 2 aromatic rings. The van der Waals surface area contributed by atoms with Crippen molar-refractivity contribution in [3.05, 3.63) is 23.8 Å². The summed E-state index contributed by atoms with van der Waals surface area (Å²) in [6, 6.07) is 4.93. The Morgan fingerprint density at radius 2 is 2.35 bits per heavy atom. The second-order valence-corrected chi connectivity index (χ2v) is 6.00. The summed E-state index contributed by atoms with van der Waals surface area (Å²) in [5.41, 5.74) is 1.90. The highest BCUT2D eigenvalue weighted by molar-refractivity contribution is 7.22. The van der Waals surface area contributed by atoms with Crippen LogP contribution in [0, 0.1) is 6.92 Å². The van der Waals surface area contributed by atoms with E-state index in [2.05, 4.69) is 15.6 Å². The number of rotatable bonds is 2. The van der Waals surface area contributed by atoms with Gasteiger partial charge in [0.05, 0.1) is 22.8 Å². The molecule has 1 saturated heterocycles. The van der Waals surface area contributed by atoms with Crippen molar-refractivity contribution in [2.75, 3.05) is 11.9 Å². The number of benzene rings is 1. The number of aromatic nitrogens is 1. The number of carbonyl (C=O) groups is 1. The molecular formula is C13H13F2N3OS. The summed E-state index contributed by atoms with van der Waals surface area (Å²) in [6.07, 6.45) is -0.469. The lowest BCUT2D eigenvalue weighted by molar-refractivity contribution is -0.118. The second-order valence-electron chi connectivity index (χ2n) is 4.97. The van der Waals surface area contributed by atoms with Crippen LogP contribution in [-0.2, 0) is 4.79 Å². The lowest BCUT2D eigenvalue weighted by Crippen LogP contribution is -2.35. The quantitative estimate of drug-likeness (QED) is 0.895. The highest BCUT2D eigenvalue weighted by atomic mass is 32.1. The molecule has 0 aliphatic carbocycles. The highest BCUT2D eigenvalue weighted by Gasteiger charge is 2.42. The van der Waals surface area contributed by atoms with E-state index in [0.29, 0.717) is 5.13 Å². The van der Waals surface area contributed by atoms with Gasteiger partial charge >= 0.3 is 0 Å². The smallest absolute Gasteiger partial charge is 0.262 e. The van der Waals surface area contributed by atoms with Crippen LogP contribution >= 0.6 is 11.3 Å². The van der Waals surface area contributed by atoms with Crippen LogP contribution in [0.1, 0.15) is 12.0 Å². The van der Waals surface area contributed by atoms with E-state index in [1.807, 2.05) is 25.1 Å². The molecule has 1 aliphatic heterocycles. The standard InChI is InChI=1S/C13H13F2N3OS/c1-7-2-3-8-10(4-7)20-12(17-8)18-11(19)9-5-13(14,15)6-16-9/h2-4,9,16H,5-6H2,1H3,(H,17,18,19). The molecule has 0 radical (unpaired) electrons. The van der Waals surface area contributed by atoms with E-state index in [1.165, 1.54) is 11.3 Å². The fraction of sp³-hybridized carbons (Fsp3) is 0.385. The molecule has 1 aliphatic rings. The van der Waals surface area contributed by atoms with Crippen LogP contribution in [0.4, 0.5) is 13.9 Å². The van der Waals surface area contributed by atoms with Gasteiger partial charge in [-0.05, 0) is 24.6 Å². The number of anilines is 1. The molecule has 1 atom stereocenters. The van der Waals surface area contributed by atoms with Crippen molar-refractivity contribution in [1.82, 2.24) is 10.3 Å². The van der Waals surface area contributed by atoms with Gasteiger partial charge < -0.3 is 5.32 Å². The Kier molecular flexibility index (Phi) is 3.18. The van der Waals surface area contributed by atoms with Crippen LogP contribution in [0.3, 0.4) is 0 Å². The topological polar surface area (TPSA) is 54.0 Å². The third kappa shape index (κ3) is 2.64. The molecule has 2 heterocycles. The Hall–Kier alpha value is -1.60. The number of carbonyl (C=O) groups excluding carboxylic acids is 1. The number of amides is 1. The van der Waals surface area contributed by atoms with Gasteiger partial charge in [0.2, 0.25) is 5.91 Å². The van der Waals surface area contributed by atoms with Gasteiger partial charge in [-0.2, -0.15) is 0 Å². The van der Waals surface area contributed by atoms with E-state index < -0.39 is 30.8 Å². The van der Waals surface area contributed by atoms with Crippen LogP contribution in [0.2, 0.25) is 0 Å². The second kappa shape index (κ2) is 4.75. The first kappa shape index (κ1) is 13.4. The molecule has 2 N–H and O–H groups in total. The molecule has 20 heavy (non-hydrogen) atoms. The number of aryl methyl sites for hydroxylation is 1. The zero-order valence-corrected chi connectivity index (χ0v) is 11.6. The zero-order valence-electron chi connectivity index (χ0n) is 10.7. The Bertz CT molecular complexity index is 671. The summed E-state index contributed by atoms with van der Waals surface area (Å²) in [7, 11) is 0. The van der Waals surface area contributed by atoms with Crippen molar-refractivity contribution in [2.24, 2.45) is 0 Å². The molecule has 1 amide bonds. The van der Waals surface area contributed by atoms with Crippen LogP contribution in [0.25, 0.3) is 10.2 Å². The molecule has 0 bridgehead atoms. The summed E-state index contributed by atoms with van der Waals surface area (Å²) < 4.78 is 27.1. The number of alkyl halides is 2. The van der Waals surface area contributed by atoms with Gasteiger partial charge in [0.25, 0.3) is 5.92 Å². The normalized spacial score (nSPS) is 21.2. The Morgan fingerprint density at radius 3 is 3.05 bits per heavy atom. The lowest BCUT2D eigenvalue weighted by atomic mass is 10.2. The largest absolute Gasteiger partial charge is 0.301 e. The number of halogens is 2. The summed E-state index contributed by atoms with van der Waals surface area (Å²) in [6.45, 7) is 1.52. The van der Waals surface area contributed by atoms with Gasteiger partial charge in [0.15, 0.2) is 5.13 Å². The van der Waals surface area contributed by atoms with Crippen LogP contribution in [0.5, 0.6) is 0 Å². The average Bonchev–Trinajstić information content (AvgIpc) is 2.91. The number of hydrogen-bond acceptors (Lipinski definition) is 4.